The highest BCUT2D eigenvalue weighted by atomic mass is 16.2. The lowest BCUT2D eigenvalue weighted by molar-refractivity contribution is -0.131. The summed E-state index contributed by atoms with van der Waals surface area (Å²) >= 11 is 0. The van der Waals surface area contributed by atoms with Gasteiger partial charge in [-0.15, -0.1) is 0 Å². The Morgan fingerprint density at radius 1 is 1.22 bits per heavy atom. The van der Waals surface area contributed by atoms with Gasteiger partial charge in [-0.2, -0.15) is 0 Å². The van der Waals surface area contributed by atoms with Gasteiger partial charge in [-0.25, -0.2) is 0 Å². The lowest BCUT2D eigenvalue weighted by Gasteiger charge is -2.25. The molecule has 2 fully saturated rings. The van der Waals surface area contributed by atoms with Crippen molar-refractivity contribution in [3.8, 4) is 0 Å². The maximum Gasteiger partial charge on any atom is 0.222 e. The van der Waals surface area contributed by atoms with Gasteiger partial charge in [-0.3, -0.25) is 4.79 Å². The highest BCUT2D eigenvalue weighted by Gasteiger charge is 2.27. The van der Waals surface area contributed by atoms with Gasteiger partial charge < -0.3 is 15.5 Å². The summed E-state index contributed by atoms with van der Waals surface area (Å²) in [5, 5.41) is 0. The number of hydrogen-bond donors (Lipinski definition) is 1. The molecule has 1 amide bonds. The molecule has 126 valence electrons. The molecule has 1 aliphatic heterocycles. The van der Waals surface area contributed by atoms with Crippen molar-refractivity contribution in [2.45, 2.75) is 51.1 Å². The number of nitrogens with zero attached hydrogens (tertiary/aromatic N) is 2. The normalized spacial score (nSPS) is 24.2. The van der Waals surface area contributed by atoms with Crippen LogP contribution in [0.1, 0.15) is 44.1 Å². The smallest absolute Gasteiger partial charge is 0.222 e. The molecule has 2 atom stereocenters. The highest BCUT2D eigenvalue weighted by molar-refractivity contribution is 5.76. The summed E-state index contributed by atoms with van der Waals surface area (Å²) in [6.45, 7) is 2.95. The summed E-state index contributed by atoms with van der Waals surface area (Å²) < 4.78 is 0. The molecule has 0 bridgehead atoms. The van der Waals surface area contributed by atoms with Gasteiger partial charge in [0.1, 0.15) is 0 Å². The third-order valence-corrected chi connectivity index (χ3v) is 5.43. The van der Waals surface area contributed by atoms with Gasteiger partial charge in [-0.1, -0.05) is 24.6 Å². The van der Waals surface area contributed by atoms with Gasteiger partial charge in [0.05, 0.1) is 0 Å². The molecule has 4 heteroatoms. The van der Waals surface area contributed by atoms with E-state index in [1.54, 1.807) is 0 Å². The summed E-state index contributed by atoms with van der Waals surface area (Å²) in [6.07, 6.45) is 6.47. The van der Waals surface area contributed by atoms with Gasteiger partial charge in [0.25, 0.3) is 0 Å². The van der Waals surface area contributed by atoms with E-state index >= 15 is 0 Å². The molecule has 2 N–H and O–H groups in total. The van der Waals surface area contributed by atoms with Crippen molar-refractivity contribution >= 4 is 11.6 Å². The van der Waals surface area contributed by atoms with Crippen molar-refractivity contribution in [2.24, 2.45) is 11.7 Å². The van der Waals surface area contributed by atoms with E-state index in [2.05, 4.69) is 29.2 Å². The summed E-state index contributed by atoms with van der Waals surface area (Å²) in [5.74, 6) is 0.599. The zero-order chi connectivity index (χ0) is 16.2. The second-order valence-corrected chi connectivity index (χ2v) is 7.13. The minimum Gasteiger partial charge on any atom is -0.371 e. The Kier molecular flexibility index (Phi) is 5.21. The van der Waals surface area contributed by atoms with E-state index in [1.807, 2.05) is 11.9 Å². The fraction of sp³-hybridized carbons (Fsp3) is 0.632. The summed E-state index contributed by atoms with van der Waals surface area (Å²) in [6, 6.07) is 8.71. The predicted molar refractivity (Wildman–Crippen MR) is 94.3 cm³/mol. The molecule has 3 rings (SSSR count). The molecule has 0 radical (unpaired) electrons. The third kappa shape index (κ3) is 3.86. The predicted octanol–water partition coefficient (Wildman–Crippen LogP) is 2.76. The SMILES string of the molecule is CN(Cc1ccccc1N1CCCC1)C(=O)C[C@@H]1CCC[C@H]1N. The van der Waals surface area contributed by atoms with Crippen LogP contribution in [0.3, 0.4) is 0 Å². The van der Waals surface area contributed by atoms with Gasteiger partial charge in [0, 0.05) is 44.8 Å². The molecule has 1 heterocycles. The van der Waals surface area contributed by atoms with Crippen LogP contribution in [0.5, 0.6) is 0 Å². The van der Waals surface area contributed by atoms with Crippen molar-refractivity contribution in [1.82, 2.24) is 4.90 Å². The zero-order valence-electron chi connectivity index (χ0n) is 14.2. The molecule has 1 aromatic rings. The number of carbonyl (C=O) groups is 1. The zero-order valence-corrected chi connectivity index (χ0v) is 14.2. The average Bonchev–Trinajstić information content (AvgIpc) is 3.20. The summed E-state index contributed by atoms with van der Waals surface area (Å²) in [5.41, 5.74) is 8.65. The number of para-hydroxylation sites is 1. The molecule has 2 aliphatic rings. The standard InChI is InChI=1S/C19H29N3O/c1-21(19(23)13-15-8-6-9-17(15)20)14-16-7-2-3-10-18(16)22-11-4-5-12-22/h2-3,7,10,15,17H,4-6,8-9,11-14,20H2,1H3/t15-,17+/m0/s1. The van der Waals surface area contributed by atoms with E-state index in [9.17, 15) is 4.79 Å². The Morgan fingerprint density at radius 2 is 1.96 bits per heavy atom. The fourth-order valence-corrected chi connectivity index (χ4v) is 3.95. The van der Waals surface area contributed by atoms with Crippen LogP contribution in [0.25, 0.3) is 0 Å². The van der Waals surface area contributed by atoms with Crippen molar-refractivity contribution in [3.63, 3.8) is 0 Å². The minimum atomic E-state index is 0.212. The lowest BCUT2D eigenvalue weighted by Crippen LogP contribution is -2.33. The van der Waals surface area contributed by atoms with Gasteiger partial charge in [0.15, 0.2) is 0 Å². The largest absolute Gasteiger partial charge is 0.371 e. The lowest BCUT2D eigenvalue weighted by atomic mass is 9.99. The molecule has 4 nitrogen and oxygen atoms in total. The molecular formula is C19H29N3O. The first kappa shape index (κ1) is 16.3. The Labute approximate surface area is 139 Å². The molecule has 1 saturated heterocycles. The number of hydrogen-bond acceptors (Lipinski definition) is 3. The van der Waals surface area contributed by atoms with Crippen LogP contribution in [0.2, 0.25) is 0 Å². The van der Waals surface area contributed by atoms with E-state index in [-0.39, 0.29) is 11.9 Å². The number of rotatable bonds is 5. The van der Waals surface area contributed by atoms with E-state index in [4.69, 9.17) is 5.73 Å². The molecule has 0 unspecified atom stereocenters. The molecule has 0 spiro atoms. The van der Waals surface area contributed by atoms with Crippen LogP contribution < -0.4 is 10.6 Å². The van der Waals surface area contributed by atoms with Crippen LogP contribution in [-0.4, -0.2) is 37.0 Å². The molecule has 1 aromatic carbocycles. The van der Waals surface area contributed by atoms with Crippen LogP contribution >= 0.6 is 0 Å². The maximum absolute atomic E-state index is 12.5. The van der Waals surface area contributed by atoms with Crippen LogP contribution in [0.15, 0.2) is 24.3 Å². The number of amides is 1. The monoisotopic (exact) mass is 315 g/mol. The van der Waals surface area contributed by atoms with Crippen molar-refractivity contribution in [3.05, 3.63) is 29.8 Å². The average molecular weight is 315 g/mol. The third-order valence-electron chi connectivity index (χ3n) is 5.43. The first-order valence-corrected chi connectivity index (χ1v) is 8.97. The van der Waals surface area contributed by atoms with Crippen LogP contribution in [-0.2, 0) is 11.3 Å². The summed E-state index contributed by atoms with van der Waals surface area (Å²) in [7, 11) is 1.92. The number of carbonyl (C=O) groups excluding carboxylic acids is 1. The van der Waals surface area contributed by atoms with Crippen molar-refractivity contribution < 1.29 is 4.79 Å². The van der Waals surface area contributed by atoms with E-state index in [0.29, 0.717) is 18.9 Å². The van der Waals surface area contributed by atoms with E-state index in [0.717, 1.165) is 25.9 Å². The van der Waals surface area contributed by atoms with Crippen LogP contribution in [0, 0.1) is 5.92 Å². The second kappa shape index (κ2) is 7.35. The minimum absolute atomic E-state index is 0.212. The van der Waals surface area contributed by atoms with Gasteiger partial charge in [-0.05, 0) is 43.2 Å². The Hall–Kier alpha value is -1.55. The maximum atomic E-state index is 12.5. The molecule has 0 aromatic heterocycles. The fourth-order valence-electron chi connectivity index (χ4n) is 3.95. The molecule has 1 aliphatic carbocycles. The van der Waals surface area contributed by atoms with E-state index in [1.165, 1.54) is 30.5 Å². The topological polar surface area (TPSA) is 49.6 Å². The number of benzene rings is 1. The molecule has 23 heavy (non-hydrogen) atoms. The Bertz CT molecular complexity index is 539. The highest BCUT2D eigenvalue weighted by Crippen LogP contribution is 2.28. The second-order valence-electron chi connectivity index (χ2n) is 7.13. The van der Waals surface area contributed by atoms with Gasteiger partial charge >= 0.3 is 0 Å². The van der Waals surface area contributed by atoms with Crippen molar-refractivity contribution in [1.29, 1.82) is 0 Å². The number of anilines is 1. The molecule has 1 saturated carbocycles. The first-order chi connectivity index (χ1) is 11.1. The van der Waals surface area contributed by atoms with Gasteiger partial charge in [0.2, 0.25) is 5.91 Å². The number of nitrogens with two attached hydrogens (primary N) is 1. The van der Waals surface area contributed by atoms with Crippen molar-refractivity contribution in [2.75, 3.05) is 25.0 Å². The summed E-state index contributed by atoms with van der Waals surface area (Å²) in [4.78, 5) is 16.9. The Balaban J connectivity index is 1.63. The first-order valence-electron chi connectivity index (χ1n) is 8.97. The quantitative estimate of drug-likeness (QED) is 0.909. The molecular weight excluding hydrogens is 286 g/mol. The Morgan fingerprint density at radius 3 is 2.65 bits per heavy atom. The van der Waals surface area contributed by atoms with Crippen LogP contribution in [0.4, 0.5) is 5.69 Å². The van der Waals surface area contributed by atoms with E-state index < -0.39 is 0 Å².